The zero-order valence-corrected chi connectivity index (χ0v) is 9.80. The summed E-state index contributed by atoms with van der Waals surface area (Å²) in [5.41, 5.74) is 3.04. The van der Waals surface area contributed by atoms with Gasteiger partial charge in [0.2, 0.25) is 0 Å². The maximum Gasteiger partial charge on any atom is 0.0794 e. The Hall–Kier alpha value is -0.450. The molecule has 1 aromatic rings. The lowest BCUT2D eigenvalue weighted by atomic mass is 10.2. The highest BCUT2D eigenvalue weighted by molar-refractivity contribution is 7.07. The first-order valence-corrected chi connectivity index (χ1v) is 5.81. The van der Waals surface area contributed by atoms with Crippen molar-refractivity contribution in [3.05, 3.63) is 16.6 Å². The van der Waals surface area contributed by atoms with Gasteiger partial charge in [-0.25, -0.2) is 4.98 Å². The van der Waals surface area contributed by atoms with Crippen LogP contribution in [0, 0.1) is 0 Å². The van der Waals surface area contributed by atoms with Crippen LogP contribution < -0.4 is 5.32 Å². The van der Waals surface area contributed by atoms with E-state index in [2.05, 4.69) is 29.5 Å². The molecule has 0 aliphatic heterocycles. The van der Waals surface area contributed by atoms with Gasteiger partial charge < -0.3 is 10.1 Å². The van der Waals surface area contributed by atoms with Crippen LogP contribution in [0.2, 0.25) is 0 Å². The minimum atomic E-state index is 0.255. The van der Waals surface area contributed by atoms with E-state index in [1.807, 2.05) is 5.51 Å². The number of thiazole rings is 1. The second kappa shape index (κ2) is 6.11. The Bertz CT molecular complexity index is 238. The van der Waals surface area contributed by atoms with E-state index in [9.17, 15) is 0 Å². The van der Waals surface area contributed by atoms with Crippen molar-refractivity contribution < 1.29 is 4.74 Å². The molecule has 1 rings (SSSR count). The quantitative estimate of drug-likeness (QED) is 0.782. The van der Waals surface area contributed by atoms with Crippen LogP contribution in [-0.2, 0) is 11.2 Å². The van der Waals surface area contributed by atoms with E-state index in [4.69, 9.17) is 4.74 Å². The number of hydrogen-bond donors (Lipinski definition) is 1. The molecule has 1 N–H and O–H groups in total. The monoisotopic (exact) mass is 214 g/mol. The van der Waals surface area contributed by atoms with Gasteiger partial charge in [-0.15, -0.1) is 11.3 Å². The molecule has 0 bridgehead atoms. The van der Waals surface area contributed by atoms with Gasteiger partial charge in [-0.05, 0) is 13.8 Å². The standard InChI is InChI=1S/C10H18N2OS/c1-8(9(2)13-3)11-5-4-10-6-14-7-12-10/h6-9,11H,4-5H2,1-3H3. The molecule has 0 amide bonds. The van der Waals surface area contributed by atoms with E-state index < -0.39 is 0 Å². The van der Waals surface area contributed by atoms with Crippen LogP contribution in [0.25, 0.3) is 0 Å². The normalized spacial score (nSPS) is 15.4. The molecule has 0 spiro atoms. The molecule has 1 heterocycles. The van der Waals surface area contributed by atoms with E-state index in [1.165, 1.54) is 5.69 Å². The van der Waals surface area contributed by atoms with Gasteiger partial charge in [0.25, 0.3) is 0 Å². The summed E-state index contributed by atoms with van der Waals surface area (Å²) in [6.45, 7) is 5.16. The van der Waals surface area contributed by atoms with Crippen molar-refractivity contribution in [1.82, 2.24) is 10.3 Å². The van der Waals surface area contributed by atoms with Gasteiger partial charge in [-0.1, -0.05) is 0 Å². The van der Waals surface area contributed by atoms with Crippen LogP contribution in [0.1, 0.15) is 19.5 Å². The van der Waals surface area contributed by atoms with Crippen LogP contribution >= 0.6 is 11.3 Å². The minimum Gasteiger partial charge on any atom is -0.380 e. The van der Waals surface area contributed by atoms with Crippen molar-refractivity contribution in [2.45, 2.75) is 32.4 Å². The van der Waals surface area contributed by atoms with Crippen LogP contribution in [0.5, 0.6) is 0 Å². The molecule has 0 saturated heterocycles. The van der Waals surface area contributed by atoms with Gasteiger partial charge in [-0.2, -0.15) is 0 Å². The maximum atomic E-state index is 5.22. The van der Waals surface area contributed by atoms with Gasteiger partial charge in [0.15, 0.2) is 0 Å². The first-order chi connectivity index (χ1) is 6.74. The Kier molecular flexibility index (Phi) is 5.07. The number of nitrogens with one attached hydrogen (secondary N) is 1. The molecular formula is C10H18N2OS. The molecule has 2 atom stereocenters. The number of ether oxygens (including phenoxy) is 1. The van der Waals surface area contributed by atoms with Crippen molar-refractivity contribution in [3.8, 4) is 0 Å². The molecule has 0 fully saturated rings. The van der Waals surface area contributed by atoms with E-state index in [1.54, 1.807) is 18.4 Å². The van der Waals surface area contributed by atoms with Gasteiger partial charge in [-0.3, -0.25) is 0 Å². The molecular weight excluding hydrogens is 196 g/mol. The summed E-state index contributed by atoms with van der Waals surface area (Å²) in [6.07, 6.45) is 1.25. The van der Waals surface area contributed by atoms with Crippen molar-refractivity contribution >= 4 is 11.3 Å². The summed E-state index contributed by atoms with van der Waals surface area (Å²) >= 11 is 1.65. The van der Waals surface area contributed by atoms with Gasteiger partial charge in [0.1, 0.15) is 0 Å². The zero-order valence-electron chi connectivity index (χ0n) is 8.99. The molecule has 2 unspecified atom stereocenters. The third kappa shape index (κ3) is 3.74. The highest BCUT2D eigenvalue weighted by Gasteiger charge is 2.09. The van der Waals surface area contributed by atoms with Crippen LogP contribution in [0.3, 0.4) is 0 Å². The number of methoxy groups -OCH3 is 1. The van der Waals surface area contributed by atoms with Gasteiger partial charge >= 0.3 is 0 Å². The van der Waals surface area contributed by atoms with Gasteiger partial charge in [0.05, 0.1) is 17.3 Å². The maximum absolute atomic E-state index is 5.22. The smallest absolute Gasteiger partial charge is 0.0794 e. The van der Waals surface area contributed by atoms with Gasteiger partial charge in [0, 0.05) is 31.5 Å². The summed E-state index contributed by atoms with van der Waals surface area (Å²) in [6, 6.07) is 0.388. The first kappa shape index (κ1) is 11.6. The SMILES string of the molecule is COC(C)C(C)NCCc1cscn1. The molecule has 1 aromatic heterocycles. The number of hydrogen-bond acceptors (Lipinski definition) is 4. The Balaban J connectivity index is 2.15. The molecule has 0 saturated carbocycles. The Morgan fingerprint density at radius 1 is 1.57 bits per heavy atom. The van der Waals surface area contributed by atoms with E-state index in [-0.39, 0.29) is 6.10 Å². The number of nitrogens with zero attached hydrogens (tertiary/aromatic N) is 1. The molecule has 0 aliphatic carbocycles. The molecule has 0 aromatic carbocycles. The second-order valence-electron chi connectivity index (χ2n) is 3.41. The fraction of sp³-hybridized carbons (Fsp3) is 0.700. The lowest BCUT2D eigenvalue weighted by Crippen LogP contribution is -2.37. The van der Waals surface area contributed by atoms with Crippen LogP contribution in [0.15, 0.2) is 10.9 Å². The lowest BCUT2D eigenvalue weighted by molar-refractivity contribution is 0.0890. The fourth-order valence-corrected chi connectivity index (χ4v) is 1.75. The molecule has 0 aliphatic rings. The third-order valence-electron chi connectivity index (χ3n) is 2.41. The van der Waals surface area contributed by atoms with E-state index in [0.717, 1.165) is 13.0 Å². The summed E-state index contributed by atoms with van der Waals surface area (Å²) in [5.74, 6) is 0. The Morgan fingerprint density at radius 3 is 2.93 bits per heavy atom. The molecule has 0 radical (unpaired) electrons. The van der Waals surface area contributed by atoms with Crippen molar-refractivity contribution in [1.29, 1.82) is 0 Å². The highest BCUT2D eigenvalue weighted by Crippen LogP contribution is 2.01. The van der Waals surface area contributed by atoms with Crippen molar-refractivity contribution in [3.63, 3.8) is 0 Å². The molecule has 80 valence electrons. The molecule has 4 heteroatoms. The molecule has 3 nitrogen and oxygen atoms in total. The summed E-state index contributed by atoms with van der Waals surface area (Å²) in [5, 5.41) is 5.50. The third-order valence-corrected chi connectivity index (χ3v) is 3.04. The number of aromatic nitrogens is 1. The molecule has 14 heavy (non-hydrogen) atoms. The van der Waals surface area contributed by atoms with E-state index in [0.29, 0.717) is 6.04 Å². The Labute approximate surface area is 89.5 Å². The predicted molar refractivity (Wildman–Crippen MR) is 59.8 cm³/mol. The minimum absolute atomic E-state index is 0.255. The number of rotatable bonds is 6. The average molecular weight is 214 g/mol. The Morgan fingerprint density at radius 2 is 2.36 bits per heavy atom. The summed E-state index contributed by atoms with van der Waals surface area (Å²) < 4.78 is 5.22. The van der Waals surface area contributed by atoms with Crippen molar-refractivity contribution in [2.75, 3.05) is 13.7 Å². The second-order valence-corrected chi connectivity index (χ2v) is 4.13. The van der Waals surface area contributed by atoms with E-state index >= 15 is 0 Å². The largest absolute Gasteiger partial charge is 0.380 e. The fourth-order valence-electron chi connectivity index (χ4n) is 1.16. The lowest BCUT2D eigenvalue weighted by Gasteiger charge is -2.19. The average Bonchev–Trinajstić information content (AvgIpc) is 2.69. The predicted octanol–water partition coefficient (Wildman–Crippen LogP) is 1.70. The first-order valence-electron chi connectivity index (χ1n) is 4.87. The zero-order chi connectivity index (χ0) is 10.4. The summed E-state index contributed by atoms with van der Waals surface area (Å²) in [4.78, 5) is 4.23. The van der Waals surface area contributed by atoms with Crippen molar-refractivity contribution in [2.24, 2.45) is 0 Å². The van der Waals surface area contributed by atoms with Crippen LogP contribution in [0.4, 0.5) is 0 Å². The van der Waals surface area contributed by atoms with Crippen LogP contribution in [-0.4, -0.2) is 30.8 Å². The summed E-state index contributed by atoms with van der Waals surface area (Å²) in [7, 11) is 1.74. The topological polar surface area (TPSA) is 34.1 Å². The highest BCUT2D eigenvalue weighted by atomic mass is 32.1.